The second kappa shape index (κ2) is 7.54. The van der Waals surface area contributed by atoms with Crippen molar-refractivity contribution >= 4 is 44.5 Å². The van der Waals surface area contributed by atoms with E-state index in [1.54, 1.807) is 29.2 Å². The van der Waals surface area contributed by atoms with Gasteiger partial charge in [-0.1, -0.05) is 54.1 Å². The summed E-state index contributed by atoms with van der Waals surface area (Å²) in [5, 5.41) is 1.69. The van der Waals surface area contributed by atoms with Gasteiger partial charge < -0.3 is 9.80 Å². The molecule has 5 amide bonds. The number of imide groups is 1. The van der Waals surface area contributed by atoms with Crippen molar-refractivity contribution < 1.29 is 22.8 Å². The van der Waals surface area contributed by atoms with Crippen molar-refractivity contribution in [2.75, 3.05) is 11.4 Å². The molecule has 3 saturated heterocycles. The average molecular weight is 491 g/mol. The first-order valence-corrected chi connectivity index (χ1v) is 12.8. The zero-order chi connectivity index (χ0) is 24.5. The van der Waals surface area contributed by atoms with Gasteiger partial charge in [0.1, 0.15) is 6.04 Å². The fourth-order valence-electron chi connectivity index (χ4n) is 5.47. The lowest BCUT2D eigenvalue weighted by Crippen LogP contribution is -2.57. The Morgan fingerprint density at radius 3 is 2.46 bits per heavy atom. The Hall–Kier alpha value is -3.92. The molecule has 0 saturated carbocycles. The number of fused-ring (bicyclic) bond motifs is 6. The van der Waals surface area contributed by atoms with Crippen LogP contribution in [0, 0.1) is 6.92 Å². The molecule has 6 rings (SSSR count). The number of anilines is 1. The number of hydrogen-bond donors (Lipinski definition) is 1. The van der Waals surface area contributed by atoms with Gasteiger partial charge in [-0.25, -0.2) is 27.6 Å². The Balaban J connectivity index is 1.27. The SMILES string of the molecule is Cc1ccc(S(=O)(=O)NC(=O)N2C[C@H]3CC2[C@@H]2C(=O)N(c4cccc5ccccc45)C(=O)N32)cc1. The van der Waals surface area contributed by atoms with Crippen LogP contribution in [0.25, 0.3) is 10.8 Å². The molecule has 3 aliphatic rings. The van der Waals surface area contributed by atoms with Gasteiger partial charge in [-0.05, 0) is 36.9 Å². The van der Waals surface area contributed by atoms with Crippen LogP contribution in [0.2, 0.25) is 0 Å². The number of urea groups is 2. The summed E-state index contributed by atoms with van der Waals surface area (Å²) in [6.07, 6.45) is 0.434. The summed E-state index contributed by atoms with van der Waals surface area (Å²) in [7, 11) is -4.07. The minimum atomic E-state index is -4.07. The van der Waals surface area contributed by atoms with Gasteiger partial charge in [0.15, 0.2) is 0 Å². The van der Waals surface area contributed by atoms with Crippen LogP contribution in [0.3, 0.4) is 0 Å². The van der Waals surface area contributed by atoms with E-state index in [0.717, 1.165) is 16.3 Å². The van der Waals surface area contributed by atoms with E-state index in [0.29, 0.717) is 12.1 Å². The molecule has 0 radical (unpaired) electrons. The van der Waals surface area contributed by atoms with Crippen LogP contribution in [-0.4, -0.2) is 60.9 Å². The molecule has 35 heavy (non-hydrogen) atoms. The van der Waals surface area contributed by atoms with Crippen molar-refractivity contribution in [1.29, 1.82) is 0 Å². The number of rotatable bonds is 3. The fraction of sp³-hybridized carbons (Fsp3) is 0.240. The van der Waals surface area contributed by atoms with E-state index >= 15 is 0 Å². The van der Waals surface area contributed by atoms with Crippen LogP contribution in [0.5, 0.6) is 0 Å². The standard InChI is InChI=1S/C25H22N4O5S/c1-15-9-11-18(12-10-15)35(33,34)26-24(31)27-14-17-13-21(27)22-23(30)29(25(32)28(17)22)20-8-4-6-16-5-2-3-7-19(16)20/h2-12,17,21-22H,13-14H2,1H3,(H,26,31)/t17-,21?,22-/m1/s1. The number of aryl methyl sites for hydroxylation is 1. The number of amides is 5. The Morgan fingerprint density at radius 1 is 0.971 bits per heavy atom. The van der Waals surface area contributed by atoms with Gasteiger partial charge in [-0.2, -0.15) is 0 Å². The lowest BCUT2D eigenvalue weighted by molar-refractivity contribution is -0.120. The van der Waals surface area contributed by atoms with Gasteiger partial charge >= 0.3 is 12.1 Å². The summed E-state index contributed by atoms with van der Waals surface area (Å²) in [5.41, 5.74) is 1.40. The first-order valence-electron chi connectivity index (χ1n) is 11.3. The van der Waals surface area contributed by atoms with Crippen molar-refractivity contribution in [1.82, 2.24) is 14.5 Å². The number of carbonyl (C=O) groups excluding carboxylic acids is 3. The van der Waals surface area contributed by atoms with Crippen molar-refractivity contribution in [2.45, 2.75) is 36.4 Å². The van der Waals surface area contributed by atoms with Gasteiger partial charge in [0.2, 0.25) is 0 Å². The third-order valence-electron chi connectivity index (χ3n) is 7.09. The van der Waals surface area contributed by atoms with Crippen LogP contribution in [0.4, 0.5) is 15.3 Å². The number of hydrogen-bond acceptors (Lipinski definition) is 5. The summed E-state index contributed by atoms with van der Waals surface area (Å²) >= 11 is 0. The maximum Gasteiger partial charge on any atom is 0.332 e. The minimum absolute atomic E-state index is 0.0170. The Morgan fingerprint density at radius 2 is 1.69 bits per heavy atom. The van der Waals surface area contributed by atoms with Crippen LogP contribution in [0.15, 0.2) is 71.6 Å². The number of nitrogens with zero attached hydrogens (tertiary/aromatic N) is 3. The van der Waals surface area contributed by atoms with E-state index in [4.69, 9.17) is 0 Å². The maximum absolute atomic E-state index is 13.5. The number of sulfonamides is 1. The highest BCUT2D eigenvalue weighted by Gasteiger charge is 2.63. The van der Waals surface area contributed by atoms with Crippen LogP contribution in [0.1, 0.15) is 12.0 Å². The second-order valence-corrected chi connectivity index (χ2v) is 10.8. The van der Waals surface area contributed by atoms with Crippen molar-refractivity contribution in [3.05, 3.63) is 72.3 Å². The molecular formula is C25H22N4O5S. The third kappa shape index (κ3) is 3.20. The molecule has 0 aliphatic carbocycles. The smallest absolute Gasteiger partial charge is 0.316 e. The lowest BCUT2D eigenvalue weighted by Gasteiger charge is -2.34. The Bertz CT molecular complexity index is 1500. The van der Waals surface area contributed by atoms with Gasteiger partial charge in [-0.3, -0.25) is 4.79 Å². The van der Waals surface area contributed by atoms with Gasteiger partial charge in [0.25, 0.3) is 15.9 Å². The Labute approximate surface area is 202 Å². The normalized spacial score (nSPS) is 23.3. The minimum Gasteiger partial charge on any atom is -0.316 e. The molecule has 3 aromatic carbocycles. The monoisotopic (exact) mass is 490 g/mol. The van der Waals surface area contributed by atoms with E-state index < -0.39 is 40.1 Å². The molecule has 10 heteroatoms. The molecule has 3 atom stereocenters. The van der Waals surface area contributed by atoms with Crippen molar-refractivity contribution in [3.63, 3.8) is 0 Å². The highest BCUT2D eigenvalue weighted by molar-refractivity contribution is 7.90. The summed E-state index contributed by atoms with van der Waals surface area (Å²) in [6, 6.07) is 16.1. The van der Waals surface area contributed by atoms with Gasteiger partial charge in [0, 0.05) is 11.9 Å². The molecule has 0 aromatic heterocycles. The molecule has 3 heterocycles. The molecular weight excluding hydrogens is 468 g/mol. The molecule has 1 N–H and O–H groups in total. The lowest BCUT2D eigenvalue weighted by atomic mass is 10.1. The Kier molecular flexibility index (Phi) is 4.65. The summed E-state index contributed by atoms with van der Waals surface area (Å²) in [5.74, 6) is -0.405. The van der Waals surface area contributed by atoms with E-state index in [2.05, 4.69) is 4.72 Å². The molecule has 2 bridgehead atoms. The molecule has 0 spiro atoms. The van der Waals surface area contributed by atoms with Gasteiger partial charge in [0.05, 0.1) is 22.7 Å². The van der Waals surface area contributed by atoms with Crippen LogP contribution < -0.4 is 9.62 Å². The van der Waals surface area contributed by atoms with Gasteiger partial charge in [-0.15, -0.1) is 0 Å². The summed E-state index contributed by atoms with van der Waals surface area (Å²) < 4.78 is 27.6. The third-order valence-corrected chi connectivity index (χ3v) is 8.42. The van der Waals surface area contributed by atoms with Crippen molar-refractivity contribution in [2.24, 2.45) is 0 Å². The number of piperazine rings is 1. The fourth-order valence-corrected chi connectivity index (χ4v) is 6.42. The zero-order valence-electron chi connectivity index (χ0n) is 18.8. The molecule has 3 fully saturated rings. The predicted octanol–water partition coefficient (Wildman–Crippen LogP) is 2.84. The zero-order valence-corrected chi connectivity index (χ0v) is 19.6. The molecule has 3 aromatic rings. The van der Waals surface area contributed by atoms with Crippen LogP contribution in [-0.2, 0) is 14.8 Å². The van der Waals surface area contributed by atoms with E-state index in [-0.39, 0.29) is 17.5 Å². The number of likely N-dealkylation sites (tertiary alicyclic amines) is 1. The first-order chi connectivity index (χ1) is 16.8. The van der Waals surface area contributed by atoms with E-state index in [1.807, 2.05) is 37.3 Å². The quantitative estimate of drug-likeness (QED) is 0.568. The first kappa shape index (κ1) is 21.6. The maximum atomic E-state index is 13.5. The second-order valence-electron chi connectivity index (χ2n) is 9.14. The number of benzene rings is 3. The molecule has 178 valence electrons. The van der Waals surface area contributed by atoms with Crippen LogP contribution >= 0.6 is 0 Å². The molecule has 3 aliphatic heterocycles. The molecule has 9 nitrogen and oxygen atoms in total. The van der Waals surface area contributed by atoms with E-state index in [9.17, 15) is 22.8 Å². The highest BCUT2D eigenvalue weighted by Crippen LogP contribution is 2.43. The summed E-state index contributed by atoms with van der Waals surface area (Å²) in [4.78, 5) is 44.0. The average Bonchev–Trinajstić information content (AvgIpc) is 3.50. The highest BCUT2D eigenvalue weighted by atomic mass is 32.2. The summed E-state index contributed by atoms with van der Waals surface area (Å²) in [6.45, 7) is 2.00. The topological polar surface area (TPSA) is 107 Å². The largest absolute Gasteiger partial charge is 0.332 e. The number of carbonyl (C=O) groups is 3. The van der Waals surface area contributed by atoms with Crippen molar-refractivity contribution in [3.8, 4) is 0 Å². The molecule has 1 unspecified atom stereocenters. The predicted molar refractivity (Wildman–Crippen MR) is 128 cm³/mol. The van der Waals surface area contributed by atoms with E-state index in [1.165, 1.54) is 21.9 Å². The number of nitrogens with one attached hydrogen (secondary N) is 1.